The first-order valence-corrected chi connectivity index (χ1v) is 6.25. The number of amides is 1. The van der Waals surface area contributed by atoms with E-state index in [0.717, 1.165) is 10.0 Å². The fourth-order valence-corrected chi connectivity index (χ4v) is 2.04. The number of nitrogen functional groups attached to an aromatic ring is 1. The second-order valence-electron chi connectivity index (χ2n) is 3.87. The van der Waals surface area contributed by atoms with E-state index in [9.17, 15) is 4.79 Å². The molecule has 3 N–H and O–H groups in total. The lowest BCUT2D eigenvalue weighted by atomic mass is 10.2. The zero-order chi connectivity index (χ0) is 13.8. The number of carbonyl (C=O) groups excluding carboxylic acids is 1. The molecular weight excluding hydrogens is 314 g/mol. The Kier molecular flexibility index (Phi) is 4.18. The highest BCUT2D eigenvalue weighted by molar-refractivity contribution is 9.10. The van der Waals surface area contributed by atoms with Crippen LogP contribution in [0.2, 0.25) is 0 Å². The molecule has 6 nitrogen and oxygen atoms in total. The van der Waals surface area contributed by atoms with Crippen molar-refractivity contribution in [3.63, 3.8) is 0 Å². The zero-order valence-electron chi connectivity index (χ0n) is 10.1. The van der Waals surface area contributed by atoms with Crippen molar-refractivity contribution < 1.29 is 14.1 Å². The van der Waals surface area contributed by atoms with Gasteiger partial charge < -0.3 is 9.26 Å². The lowest BCUT2D eigenvalue weighted by Crippen LogP contribution is -2.30. The summed E-state index contributed by atoms with van der Waals surface area (Å²) in [5, 5.41) is 3.58. The van der Waals surface area contributed by atoms with Crippen molar-refractivity contribution in [2.24, 2.45) is 5.84 Å². The topological polar surface area (TPSA) is 90.4 Å². The summed E-state index contributed by atoms with van der Waals surface area (Å²) in [6.45, 7) is 2.16. The Hall–Kier alpha value is -1.86. The van der Waals surface area contributed by atoms with Crippen LogP contribution in [-0.4, -0.2) is 11.1 Å². The molecule has 100 valence electrons. The third-order valence-corrected chi connectivity index (χ3v) is 3.00. The van der Waals surface area contributed by atoms with Gasteiger partial charge in [0.1, 0.15) is 12.4 Å². The molecule has 1 heterocycles. The molecule has 7 heteroatoms. The van der Waals surface area contributed by atoms with Gasteiger partial charge in [0.25, 0.3) is 5.91 Å². The molecule has 0 spiro atoms. The van der Waals surface area contributed by atoms with Gasteiger partial charge >= 0.3 is 0 Å². The summed E-state index contributed by atoms with van der Waals surface area (Å²) in [5.41, 5.74) is 3.21. The number of aryl methyl sites for hydroxylation is 1. The van der Waals surface area contributed by atoms with Crippen LogP contribution in [0.4, 0.5) is 0 Å². The molecule has 0 aliphatic heterocycles. The number of aromatic nitrogens is 1. The van der Waals surface area contributed by atoms with Crippen LogP contribution in [0.25, 0.3) is 0 Å². The molecule has 0 aliphatic rings. The number of hydrazine groups is 1. The van der Waals surface area contributed by atoms with E-state index in [1.165, 1.54) is 6.07 Å². The molecular formula is C12H12BrN3O3. The van der Waals surface area contributed by atoms with E-state index in [1.807, 2.05) is 30.5 Å². The van der Waals surface area contributed by atoms with E-state index >= 15 is 0 Å². The number of rotatable bonds is 4. The fraction of sp³-hybridized carbons (Fsp3) is 0.167. The van der Waals surface area contributed by atoms with Crippen molar-refractivity contribution in [3.05, 3.63) is 45.8 Å². The molecule has 0 atom stereocenters. The average Bonchev–Trinajstić information content (AvgIpc) is 2.85. The summed E-state index contributed by atoms with van der Waals surface area (Å²) >= 11 is 3.41. The number of hydrogen-bond acceptors (Lipinski definition) is 5. The number of benzene rings is 1. The minimum atomic E-state index is -0.508. The Morgan fingerprint density at radius 3 is 3.00 bits per heavy atom. The van der Waals surface area contributed by atoms with E-state index < -0.39 is 5.91 Å². The zero-order valence-corrected chi connectivity index (χ0v) is 11.7. The van der Waals surface area contributed by atoms with E-state index in [1.54, 1.807) is 0 Å². The van der Waals surface area contributed by atoms with E-state index in [-0.39, 0.29) is 12.3 Å². The minimum Gasteiger partial charge on any atom is -0.484 e. The van der Waals surface area contributed by atoms with Crippen LogP contribution in [-0.2, 0) is 6.61 Å². The number of carbonyl (C=O) groups is 1. The van der Waals surface area contributed by atoms with Gasteiger partial charge in [-0.3, -0.25) is 10.2 Å². The second-order valence-corrected chi connectivity index (χ2v) is 4.73. The molecule has 2 aromatic rings. The lowest BCUT2D eigenvalue weighted by molar-refractivity contribution is 0.0944. The number of nitrogens with one attached hydrogen (secondary N) is 1. The Balaban J connectivity index is 2.02. The molecule has 19 heavy (non-hydrogen) atoms. The van der Waals surface area contributed by atoms with Gasteiger partial charge in [0.2, 0.25) is 0 Å². The molecule has 1 aromatic heterocycles. The Bertz CT molecular complexity index is 598. The van der Waals surface area contributed by atoms with Gasteiger partial charge in [-0.25, -0.2) is 5.84 Å². The summed E-state index contributed by atoms with van der Waals surface area (Å²) in [4.78, 5) is 11.2. The Labute approximate surface area is 118 Å². The number of hydrogen-bond donors (Lipinski definition) is 2. The molecule has 0 bridgehead atoms. The van der Waals surface area contributed by atoms with Crippen molar-refractivity contribution in [2.75, 3.05) is 0 Å². The average molecular weight is 326 g/mol. The van der Waals surface area contributed by atoms with Gasteiger partial charge in [0.05, 0.1) is 4.47 Å². The number of nitrogens with zero attached hydrogens (tertiary/aromatic N) is 1. The van der Waals surface area contributed by atoms with Gasteiger partial charge in [-0.15, -0.1) is 0 Å². The van der Waals surface area contributed by atoms with Gasteiger partial charge in [-0.05, 0) is 40.5 Å². The van der Waals surface area contributed by atoms with Crippen LogP contribution < -0.4 is 16.0 Å². The quantitative estimate of drug-likeness (QED) is 0.509. The Morgan fingerprint density at radius 1 is 1.53 bits per heavy atom. The first-order valence-electron chi connectivity index (χ1n) is 5.45. The first kappa shape index (κ1) is 13.6. The van der Waals surface area contributed by atoms with Crippen LogP contribution in [0, 0.1) is 6.92 Å². The highest BCUT2D eigenvalue weighted by Gasteiger charge is 2.11. The number of ether oxygens (including phenoxy) is 1. The van der Waals surface area contributed by atoms with Crippen molar-refractivity contribution in [1.29, 1.82) is 0 Å². The third kappa shape index (κ3) is 3.33. The van der Waals surface area contributed by atoms with Gasteiger partial charge in [0.15, 0.2) is 11.5 Å². The molecule has 0 saturated carbocycles. The minimum absolute atomic E-state index is 0.115. The van der Waals surface area contributed by atoms with Crippen molar-refractivity contribution in [2.45, 2.75) is 13.5 Å². The molecule has 0 aliphatic carbocycles. The molecule has 1 amide bonds. The van der Waals surface area contributed by atoms with Gasteiger partial charge in [-0.2, -0.15) is 0 Å². The van der Waals surface area contributed by atoms with E-state index in [2.05, 4.69) is 21.1 Å². The summed E-state index contributed by atoms with van der Waals surface area (Å²) in [6.07, 6.45) is 0. The highest BCUT2D eigenvalue weighted by atomic mass is 79.9. The van der Waals surface area contributed by atoms with Crippen LogP contribution in [0.1, 0.15) is 21.8 Å². The number of nitrogens with two attached hydrogens (primary N) is 1. The normalized spacial score (nSPS) is 10.3. The first-order chi connectivity index (χ1) is 9.10. The summed E-state index contributed by atoms with van der Waals surface area (Å²) in [5.74, 6) is 5.61. The van der Waals surface area contributed by atoms with Gasteiger partial charge in [-0.1, -0.05) is 11.2 Å². The van der Waals surface area contributed by atoms with Crippen molar-refractivity contribution in [3.8, 4) is 5.75 Å². The standard InChI is InChI=1S/C12H12BrN3O3/c1-7-2-3-11(9(13)4-7)18-6-8-5-10(16-19-8)12(17)15-14/h2-5H,6,14H2,1H3,(H,15,17). The van der Waals surface area contributed by atoms with Crippen LogP contribution >= 0.6 is 15.9 Å². The highest BCUT2D eigenvalue weighted by Crippen LogP contribution is 2.26. The fourth-order valence-electron chi connectivity index (χ4n) is 1.43. The van der Waals surface area contributed by atoms with Crippen LogP contribution in [0.5, 0.6) is 5.75 Å². The number of halogens is 1. The predicted molar refractivity (Wildman–Crippen MR) is 71.4 cm³/mol. The largest absolute Gasteiger partial charge is 0.484 e. The molecule has 0 fully saturated rings. The Morgan fingerprint density at radius 2 is 2.32 bits per heavy atom. The predicted octanol–water partition coefficient (Wildman–Crippen LogP) is 1.93. The smallest absolute Gasteiger partial charge is 0.287 e. The van der Waals surface area contributed by atoms with E-state index in [0.29, 0.717) is 11.5 Å². The molecule has 0 unspecified atom stereocenters. The van der Waals surface area contributed by atoms with Gasteiger partial charge in [0, 0.05) is 6.07 Å². The molecule has 1 aromatic carbocycles. The maximum atomic E-state index is 11.2. The maximum Gasteiger partial charge on any atom is 0.287 e. The third-order valence-electron chi connectivity index (χ3n) is 2.38. The molecule has 2 rings (SSSR count). The van der Waals surface area contributed by atoms with Crippen molar-refractivity contribution >= 4 is 21.8 Å². The lowest BCUT2D eigenvalue weighted by Gasteiger charge is -2.06. The monoisotopic (exact) mass is 325 g/mol. The maximum absolute atomic E-state index is 11.2. The summed E-state index contributed by atoms with van der Waals surface area (Å²) in [6, 6.07) is 7.21. The van der Waals surface area contributed by atoms with Crippen LogP contribution in [0.15, 0.2) is 33.3 Å². The second kappa shape index (κ2) is 5.85. The SMILES string of the molecule is Cc1ccc(OCc2cc(C(=O)NN)no2)c(Br)c1. The van der Waals surface area contributed by atoms with Crippen LogP contribution in [0.3, 0.4) is 0 Å². The molecule has 0 radical (unpaired) electrons. The summed E-state index contributed by atoms with van der Waals surface area (Å²) < 4.78 is 11.4. The van der Waals surface area contributed by atoms with E-state index in [4.69, 9.17) is 15.1 Å². The summed E-state index contributed by atoms with van der Waals surface area (Å²) in [7, 11) is 0. The molecule has 0 saturated heterocycles. The van der Waals surface area contributed by atoms with Crippen molar-refractivity contribution in [1.82, 2.24) is 10.6 Å².